The van der Waals surface area contributed by atoms with E-state index in [2.05, 4.69) is 5.10 Å². The molecule has 1 heterocycles. The highest BCUT2D eigenvalue weighted by molar-refractivity contribution is 5.81. The summed E-state index contributed by atoms with van der Waals surface area (Å²) in [6, 6.07) is 7.86. The summed E-state index contributed by atoms with van der Waals surface area (Å²) in [6.07, 6.45) is -0.824. The molecule has 5 heteroatoms. The molecule has 1 aromatic carbocycles. The van der Waals surface area contributed by atoms with E-state index >= 15 is 0 Å². The lowest BCUT2D eigenvalue weighted by Crippen LogP contribution is -2.19. The maximum absolute atomic E-state index is 10.7. The SMILES string of the molecule is CCn1nc(COC(C)C(=O)O)c2ccccc21. The lowest BCUT2D eigenvalue weighted by Gasteiger charge is -2.06. The van der Waals surface area contributed by atoms with Crippen LogP contribution in [0.15, 0.2) is 24.3 Å². The monoisotopic (exact) mass is 248 g/mol. The molecule has 96 valence electrons. The van der Waals surface area contributed by atoms with Gasteiger partial charge in [-0.3, -0.25) is 4.68 Å². The molecule has 0 aliphatic heterocycles. The molecule has 0 amide bonds. The highest BCUT2D eigenvalue weighted by Gasteiger charge is 2.14. The Balaban J connectivity index is 2.25. The molecule has 0 radical (unpaired) electrons. The molecular formula is C13H16N2O3. The molecule has 1 N–H and O–H groups in total. The van der Waals surface area contributed by atoms with Crippen molar-refractivity contribution in [3.05, 3.63) is 30.0 Å². The molecule has 0 saturated carbocycles. The zero-order chi connectivity index (χ0) is 13.1. The number of nitrogens with zero attached hydrogens (tertiary/aromatic N) is 2. The predicted molar refractivity (Wildman–Crippen MR) is 67.3 cm³/mol. The van der Waals surface area contributed by atoms with Crippen LogP contribution in [-0.2, 0) is 22.7 Å². The van der Waals surface area contributed by atoms with Crippen molar-refractivity contribution in [3.8, 4) is 0 Å². The highest BCUT2D eigenvalue weighted by atomic mass is 16.5. The lowest BCUT2D eigenvalue weighted by molar-refractivity contribution is -0.149. The fourth-order valence-electron chi connectivity index (χ4n) is 1.82. The highest BCUT2D eigenvalue weighted by Crippen LogP contribution is 2.19. The third-order valence-corrected chi connectivity index (χ3v) is 2.85. The first kappa shape index (κ1) is 12.6. The fourth-order valence-corrected chi connectivity index (χ4v) is 1.82. The van der Waals surface area contributed by atoms with Crippen LogP contribution in [0.25, 0.3) is 10.9 Å². The summed E-state index contributed by atoms with van der Waals surface area (Å²) in [5.74, 6) is -0.964. The van der Waals surface area contributed by atoms with Crippen molar-refractivity contribution in [1.29, 1.82) is 0 Å². The van der Waals surface area contributed by atoms with Gasteiger partial charge in [-0.15, -0.1) is 0 Å². The third-order valence-electron chi connectivity index (χ3n) is 2.85. The quantitative estimate of drug-likeness (QED) is 0.879. The maximum atomic E-state index is 10.7. The van der Waals surface area contributed by atoms with Crippen molar-refractivity contribution < 1.29 is 14.6 Å². The van der Waals surface area contributed by atoms with E-state index in [-0.39, 0.29) is 6.61 Å². The van der Waals surface area contributed by atoms with Gasteiger partial charge in [0.1, 0.15) is 0 Å². The number of hydrogen-bond donors (Lipinski definition) is 1. The number of carbonyl (C=O) groups is 1. The van der Waals surface area contributed by atoms with Crippen LogP contribution in [0.1, 0.15) is 19.5 Å². The molecule has 0 fully saturated rings. The Hall–Kier alpha value is -1.88. The van der Waals surface area contributed by atoms with Crippen LogP contribution in [0.3, 0.4) is 0 Å². The molecule has 1 unspecified atom stereocenters. The largest absolute Gasteiger partial charge is 0.479 e. The Labute approximate surface area is 105 Å². The molecule has 5 nitrogen and oxygen atoms in total. The first-order valence-electron chi connectivity index (χ1n) is 5.92. The molecule has 0 saturated heterocycles. The van der Waals surface area contributed by atoms with E-state index in [9.17, 15) is 4.79 Å². The fraction of sp³-hybridized carbons (Fsp3) is 0.385. The second kappa shape index (κ2) is 5.18. The summed E-state index contributed by atoms with van der Waals surface area (Å²) >= 11 is 0. The van der Waals surface area contributed by atoms with Crippen molar-refractivity contribution in [3.63, 3.8) is 0 Å². The number of hydrogen-bond acceptors (Lipinski definition) is 3. The third kappa shape index (κ3) is 2.36. The maximum Gasteiger partial charge on any atom is 0.332 e. The number of carboxylic acid groups (broad SMARTS) is 1. The molecule has 0 spiro atoms. The minimum Gasteiger partial charge on any atom is -0.479 e. The topological polar surface area (TPSA) is 64.4 Å². The molecule has 18 heavy (non-hydrogen) atoms. The molecule has 0 bridgehead atoms. The minimum atomic E-state index is -0.964. The van der Waals surface area contributed by atoms with Crippen LogP contribution >= 0.6 is 0 Å². The van der Waals surface area contributed by atoms with Crippen molar-refractivity contribution in [2.45, 2.75) is 33.1 Å². The van der Waals surface area contributed by atoms with E-state index in [0.717, 1.165) is 23.1 Å². The van der Waals surface area contributed by atoms with Gasteiger partial charge in [-0.2, -0.15) is 5.10 Å². The van der Waals surface area contributed by atoms with Gasteiger partial charge in [-0.1, -0.05) is 18.2 Å². The number of carboxylic acids is 1. The van der Waals surface area contributed by atoms with E-state index in [1.807, 2.05) is 35.9 Å². The summed E-state index contributed by atoms with van der Waals surface area (Å²) < 4.78 is 7.17. The lowest BCUT2D eigenvalue weighted by atomic mass is 10.2. The number of rotatable bonds is 5. The second-order valence-corrected chi connectivity index (χ2v) is 4.07. The average Bonchev–Trinajstić information content (AvgIpc) is 2.74. The Morgan fingerprint density at radius 3 is 2.89 bits per heavy atom. The Kier molecular flexibility index (Phi) is 3.62. The van der Waals surface area contributed by atoms with Crippen LogP contribution in [0.2, 0.25) is 0 Å². The number of fused-ring (bicyclic) bond motifs is 1. The molecule has 0 aliphatic carbocycles. The van der Waals surface area contributed by atoms with Gasteiger partial charge < -0.3 is 9.84 Å². The predicted octanol–water partition coefficient (Wildman–Crippen LogP) is 2.05. The van der Waals surface area contributed by atoms with E-state index in [4.69, 9.17) is 9.84 Å². The molecule has 2 rings (SSSR count). The first-order chi connectivity index (χ1) is 8.63. The van der Waals surface area contributed by atoms with Crippen molar-refractivity contribution >= 4 is 16.9 Å². The van der Waals surface area contributed by atoms with Crippen molar-refractivity contribution in [2.24, 2.45) is 0 Å². The summed E-state index contributed by atoms with van der Waals surface area (Å²) in [4.78, 5) is 10.7. The number of ether oxygens (including phenoxy) is 1. The zero-order valence-electron chi connectivity index (χ0n) is 10.5. The molecular weight excluding hydrogens is 232 g/mol. The first-order valence-corrected chi connectivity index (χ1v) is 5.92. The van der Waals surface area contributed by atoms with Crippen LogP contribution in [0, 0.1) is 0 Å². The zero-order valence-corrected chi connectivity index (χ0v) is 10.5. The van der Waals surface area contributed by atoms with E-state index in [0.29, 0.717) is 0 Å². The van der Waals surface area contributed by atoms with Gasteiger partial charge in [0.05, 0.1) is 17.8 Å². The molecule has 1 aromatic heterocycles. The smallest absolute Gasteiger partial charge is 0.332 e. The van der Waals surface area contributed by atoms with Crippen LogP contribution < -0.4 is 0 Å². The summed E-state index contributed by atoms with van der Waals surface area (Å²) in [6.45, 7) is 4.52. The Bertz CT molecular complexity index is 562. The van der Waals surface area contributed by atoms with Crippen LogP contribution in [0.5, 0.6) is 0 Å². The van der Waals surface area contributed by atoms with E-state index in [1.54, 1.807) is 0 Å². The van der Waals surface area contributed by atoms with E-state index < -0.39 is 12.1 Å². The van der Waals surface area contributed by atoms with E-state index in [1.165, 1.54) is 6.92 Å². The number of para-hydroxylation sites is 1. The van der Waals surface area contributed by atoms with Crippen molar-refractivity contribution in [2.75, 3.05) is 0 Å². The van der Waals surface area contributed by atoms with Gasteiger partial charge in [0.25, 0.3) is 0 Å². The summed E-state index contributed by atoms with van der Waals surface area (Å²) in [5.41, 5.74) is 1.82. The Morgan fingerprint density at radius 2 is 2.22 bits per heavy atom. The molecule has 0 aliphatic rings. The van der Waals surface area contributed by atoms with Crippen LogP contribution in [-0.4, -0.2) is 27.0 Å². The van der Waals surface area contributed by atoms with Crippen LogP contribution in [0.4, 0.5) is 0 Å². The number of aliphatic carboxylic acids is 1. The van der Waals surface area contributed by atoms with Gasteiger partial charge in [0, 0.05) is 11.9 Å². The summed E-state index contributed by atoms with van der Waals surface area (Å²) in [7, 11) is 0. The number of aromatic nitrogens is 2. The minimum absolute atomic E-state index is 0.209. The average molecular weight is 248 g/mol. The van der Waals surface area contributed by atoms with Crippen molar-refractivity contribution in [1.82, 2.24) is 9.78 Å². The molecule has 1 atom stereocenters. The second-order valence-electron chi connectivity index (χ2n) is 4.07. The normalized spacial score (nSPS) is 12.8. The van der Waals surface area contributed by atoms with Gasteiger partial charge in [-0.05, 0) is 19.9 Å². The van der Waals surface area contributed by atoms with Gasteiger partial charge in [0.15, 0.2) is 6.10 Å². The Morgan fingerprint density at radius 1 is 1.50 bits per heavy atom. The standard InChI is InChI=1S/C13H16N2O3/c1-3-15-12-7-5-4-6-10(12)11(14-15)8-18-9(2)13(16)17/h4-7,9H,3,8H2,1-2H3,(H,16,17). The van der Waals surface area contributed by atoms with Gasteiger partial charge in [-0.25, -0.2) is 4.79 Å². The summed E-state index contributed by atoms with van der Waals surface area (Å²) in [5, 5.41) is 14.2. The number of aryl methyl sites for hydroxylation is 1. The van der Waals surface area contributed by atoms with Gasteiger partial charge >= 0.3 is 5.97 Å². The number of benzene rings is 1. The van der Waals surface area contributed by atoms with Gasteiger partial charge in [0.2, 0.25) is 0 Å². The molecule has 2 aromatic rings.